The van der Waals surface area contributed by atoms with Gasteiger partial charge in [-0.15, -0.1) is 0 Å². The predicted molar refractivity (Wildman–Crippen MR) is 253 cm³/mol. The number of carbonyl (C=O) groups excluding carboxylic acids is 2. The van der Waals surface area contributed by atoms with Gasteiger partial charge in [0.25, 0.3) is 0 Å². The maximum Gasteiger partial charge on any atom is 0.302 e. The zero-order chi connectivity index (χ0) is 53.2. The molecule has 3 aliphatic heterocycles. The molecule has 0 radical (unpaired) electrons. The van der Waals surface area contributed by atoms with Crippen molar-refractivity contribution in [1.29, 1.82) is 0 Å². The average molecular weight is 1030 g/mol. The van der Waals surface area contributed by atoms with Gasteiger partial charge in [-0.3, -0.25) is 9.59 Å². The van der Waals surface area contributed by atoms with Gasteiger partial charge < -0.3 is 89.0 Å². The Balaban J connectivity index is 1.12. The smallest absolute Gasteiger partial charge is 0.302 e. The van der Waals surface area contributed by atoms with Gasteiger partial charge in [0.05, 0.1) is 24.4 Å². The number of ether oxygens (including phenoxy) is 8. The van der Waals surface area contributed by atoms with E-state index in [-0.39, 0.29) is 46.5 Å². The molecular formula is C52H86O20. The lowest BCUT2D eigenvalue weighted by Crippen LogP contribution is -2.68. The van der Waals surface area contributed by atoms with E-state index in [1.807, 2.05) is 20.8 Å². The minimum Gasteiger partial charge on any atom is -0.463 e. The van der Waals surface area contributed by atoms with Gasteiger partial charge in [0.2, 0.25) is 0 Å². The minimum atomic E-state index is -1.83. The van der Waals surface area contributed by atoms with Crippen LogP contribution in [-0.4, -0.2) is 193 Å². The van der Waals surface area contributed by atoms with Crippen LogP contribution in [0, 0.1) is 45.3 Å². The van der Waals surface area contributed by atoms with E-state index in [1.54, 1.807) is 0 Å². The summed E-state index contributed by atoms with van der Waals surface area (Å²) in [5, 5.41) is 111. The summed E-state index contributed by atoms with van der Waals surface area (Å²) in [7, 11) is 0. The third kappa shape index (κ3) is 10.5. The molecular weight excluding hydrogens is 945 g/mol. The number of rotatable bonds is 15. The predicted octanol–water partition coefficient (Wildman–Crippen LogP) is 1.11. The van der Waals surface area contributed by atoms with E-state index in [1.165, 1.54) is 6.92 Å². The monoisotopic (exact) mass is 1030 g/mol. The maximum atomic E-state index is 12.8. The first kappa shape index (κ1) is 57.7. The second-order valence-electron chi connectivity index (χ2n) is 24.1. The quantitative estimate of drug-likeness (QED) is 0.0624. The van der Waals surface area contributed by atoms with Crippen molar-refractivity contribution in [2.75, 3.05) is 19.8 Å². The fourth-order valence-corrected chi connectivity index (χ4v) is 15.3. The first-order valence-corrected chi connectivity index (χ1v) is 26.1. The summed E-state index contributed by atoms with van der Waals surface area (Å²) in [6.07, 6.45) is -16.2. The summed E-state index contributed by atoms with van der Waals surface area (Å²) in [6.45, 7) is 18.2. The van der Waals surface area contributed by atoms with E-state index in [2.05, 4.69) is 40.7 Å². The van der Waals surface area contributed by atoms with E-state index in [0.717, 1.165) is 31.8 Å². The van der Waals surface area contributed by atoms with E-state index >= 15 is 0 Å². The van der Waals surface area contributed by atoms with Gasteiger partial charge in [0.1, 0.15) is 86.5 Å². The highest BCUT2D eigenvalue weighted by Gasteiger charge is 2.72. The largest absolute Gasteiger partial charge is 0.463 e. The van der Waals surface area contributed by atoms with Crippen LogP contribution >= 0.6 is 0 Å². The van der Waals surface area contributed by atoms with E-state index in [9.17, 15) is 60.7 Å². The van der Waals surface area contributed by atoms with Crippen molar-refractivity contribution in [3.8, 4) is 0 Å². The molecule has 7 aliphatic rings. The molecule has 0 aromatic heterocycles. The van der Waals surface area contributed by atoms with Crippen molar-refractivity contribution in [2.45, 2.75) is 237 Å². The molecule has 4 aliphatic carbocycles. The van der Waals surface area contributed by atoms with Crippen LogP contribution in [0.3, 0.4) is 0 Å². The van der Waals surface area contributed by atoms with Gasteiger partial charge >= 0.3 is 11.9 Å². The van der Waals surface area contributed by atoms with Crippen LogP contribution in [0.15, 0.2) is 11.6 Å². The van der Waals surface area contributed by atoms with Crippen molar-refractivity contribution in [1.82, 2.24) is 0 Å². The lowest BCUT2D eigenvalue weighted by Gasteiger charge is -2.71. The molecule has 20 heteroatoms. The maximum absolute atomic E-state index is 12.8. The Morgan fingerprint density at radius 1 is 0.625 bits per heavy atom. The molecule has 7 rings (SSSR count). The van der Waals surface area contributed by atoms with E-state index < -0.39 is 140 Å². The normalized spacial score (nSPS) is 48.8. The first-order valence-electron chi connectivity index (χ1n) is 26.1. The molecule has 20 nitrogen and oxygen atoms in total. The molecule has 0 unspecified atom stereocenters. The molecule has 3 heterocycles. The summed E-state index contributed by atoms with van der Waals surface area (Å²) in [6, 6.07) is 0. The molecule has 0 spiro atoms. The number of carbonyl (C=O) groups is 2. The van der Waals surface area contributed by atoms with Crippen LogP contribution in [0.2, 0.25) is 0 Å². The first-order chi connectivity index (χ1) is 33.6. The Kier molecular flexibility index (Phi) is 17.5. The number of aliphatic hydroxyl groups excluding tert-OH is 10. The molecule has 0 aromatic carbocycles. The SMILES string of the molecule is CC(=O)OC[C@H]1O[C@@H](O[C@H]2[C@H](O[C@H]3CC[C@]4(C)[C@H]5C[C@@H](O)[C@@H]6[C@@H]([C@](C)(CCC=C(C)C)O[C@@H]7O[C@H](COC(C)=O)[C@@H](O)[C@H](O)[C@H]7O)CC[C@@]6(C)[C@]5(C)CC[C@H]4C3(C)C)O[C@H](CO)[C@@H](O)[C@@H]2O)[C@H](O)[C@@H](O)[C@@H]1O. The highest BCUT2D eigenvalue weighted by molar-refractivity contribution is 5.66. The zero-order valence-electron chi connectivity index (χ0n) is 43.7. The van der Waals surface area contributed by atoms with Crippen LogP contribution in [0.1, 0.15) is 127 Å². The fraction of sp³-hybridized carbons (Fsp3) is 0.923. The van der Waals surface area contributed by atoms with Gasteiger partial charge in [-0.05, 0) is 124 Å². The Bertz CT molecular complexity index is 1920. The standard InChI is InChI=1S/C52H86O20/c1-24(2)12-11-16-52(10,72-46-43(64)40(61)38(59)31(69-46)23-66-26(4)55)27-13-18-51(9)35(27)28(56)20-33-49(7)17-15-34(48(5,6)32(49)14-19-50(33,51)8)70-47-44(41(62)36(57)29(21-53)67-47)71-45-42(63)39(60)37(58)30(68-45)22-65-25(3)54/h12,27-47,53,56-64H,11,13-23H2,1-10H3/t27-,28+,29+,30+,31+,32-,33+,34-,35-,36+,37+,38+,39-,40-,41-,42+,43+,44+,45-,46-,47-,49-,50+,51+,52-/m0/s1. The van der Waals surface area contributed by atoms with Gasteiger partial charge in [0.15, 0.2) is 18.9 Å². The van der Waals surface area contributed by atoms with Crippen molar-refractivity contribution < 1.29 is 98.5 Å². The third-order valence-electron chi connectivity index (χ3n) is 19.3. The van der Waals surface area contributed by atoms with E-state index in [4.69, 9.17) is 37.9 Å². The van der Waals surface area contributed by atoms with Crippen molar-refractivity contribution in [2.24, 2.45) is 45.3 Å². The highest BCUT2D eigenvalue weighted by Crippen LogP contribution is 2.76. The average Bonchev–Trinajstić information content (AvgIpc) is 3.70. The van der Waals surface area contributed by atoms with Crippen molar-refractivity contribution >= 4 is 11.9 Å². The van der Waals surface area contributed by atoms with Gasteiger partial charge in [-0.25, -0.2) is 0 Å². The number of allylic oxidation sites excluding steroid dienone is 2. The molecule has 414 valence electrons. The van der Waals surface area contributed by atoms with Crippen molar-refractivity contribution in [3.05, 3.63) is 11.6 Å². The van der Waals surface area contributed by atoms with Crippen LogP contribution in [0.5, 0.6) is 0 Å². The summed E-state index contributed by atoms with van der Waals surface area (Å²) < 4.78 is 47.9. The number of hydrogen-bond donors (Lipinski definition) is 10. The number of aliphatic hydroxyl groups is 10. The Labute approximate surface area is 423 Å². The molecule has 3 saturated heterocycles. The summed E-state index contributed by atoms with van der Waals surface area (Å²) in [5.74, 6) is -1.55. The highest BCUT2D eigenvalue weighted by atomic mass is 16.8. The molecule has 0 amide bonds. The molecule has 7 fully saturated rings. The van der Waals surface area contributed by atoms with Gasteiger partial charge in [-0.1, -0.05) is 46.3 Å². The van der Waals surface area contributed by atoms with Crippen LogP contribution in [0.25, 0.3) is 0 Å². The molecule has 4 saturated carbocycles. The second-order valence-corrected chi connectivity index (χ2v) is 24.1. The zero-order valence-corrected chi connectivity index (χ0v) is 43.7. The Hall–Kier alpha value is -1.96. The van der Waals surface area contributed by atoms with Gasteiger partial charge in [-0.2, -0.15) is 0 Å². The topological polar surface area (TPSA) is 310 Å². The molecule has 0 aromatic rings. The lowest BCUT2D eigenvalue weighted by molar-refractivity contribution is -0.378. The number of esters is 2. The molecule has 72 heavy (non-hydrogen) atoms. The summed E-state index contributed by atoms with van der Waals surface area (Å²) in [5.41, 5.74) is -1.32. The molecule has 0 bridgehead atoms. The second kappa shape index (κ2) is 21.8. The van der Waals surface area contributed by atoms with Crippen LogP contribution in [0.4, 0.5) is 0 Å². The Morgan fingerprint density at radius 2 is 1.17 bits per heavy atom. The molecule has 10 N–H and O–H groups in total. The van der Waals surface area contributed by atoms with E-state index in [0.29, 0.717) is 38.5 Å². The lowest BCUT2D eigenvalue weighted by atomic mass is 9.35. The van der Waals surface area contributed by atoms with Crippen LogP contribution < -0.4 is 0 Å². The third-order valence-corrected chi connectivity index (χ3v) is 19.3. The van der Waals surface area contributed by atoms with Crippen molar-refractivity contribution in [3.63, 3.8) is 0 Å². The minimum absolute atomic E-state index is 0.0602. The van der Waals surface area contributed by atoms with Crippen LogP contribution in [-0.2, 0) is 47.5 Å². The number of hydrogen-bond acceptors (Lipinski definition) is 20. The summed E-state index contributed by atoms with van der Waals surface area (Å²) >= 11 is 0. The fourth-order valence-electron chi connectivity index (χ4n) is 15.3. The van der Waals surface area contributed by atoms with Gasteiger partial charge in [0, 0.05) is 13.8 Å². The Morgan fingerprint density at radius 3 is 1.74 bits per heavy atom. The number of fused-ring (bicyclic) bond motifs is 5. The molecule has 25 atom stereocenters. The summed E-state index contributed by atoms with van der Waals surface area (Å²) in [4.78, 5) is 23.3.